The monoisotopic (exact) mass is 326 g/mol. The molecule has 2 atom stereocenters. The summed E-state index contributed by atoms with van der Waals surface area (Å²) in [6, 6.07) is 8.59. The van der Waals surface area contributed by atoms with Gasteiger partial charge >= 0.3 is 0 Å². The van der Waals surface area contributed by atoms with Crippen LogP contribution in [-0.2, 0) is 0 Å². The van der Waals surface area contributed by atoms with E-state index in [0.29, 0.717) is 5.92 Å². The van der Waals surface area contributed by atoms with Crippen molar-refractivity contribution in [2.24, 2.45) is 11.8 Å². The first-order chi connectivity index (χ1) is 10.6. The van der Waals surface area contributed by atoms with Crippen LogP contribution < -0.4 is 5.19 Å². The smallest absolute Gasteiger partial charge is 0.0660 e. The lowest BCUT2D eigenvalue weighted by Crippen LogP contribution is -2.50. The van der Waals surface area contributed by atoms with Gasteiger partial charge in [0.05, 0.1) is 0 Å². The van der Waals surface area contributed by atoms with Gasteiger partial charge in [-0.25, -0.2) is 0 Å². The second-order valence-electron chi connectivity index (χ2n) is 8.37. The number of hydrogen-bond donors (Lipinski definition) is 0. The standard InChI is InChI=1S/C22H34Si/c1-14(2)13-23(9,21-11-15(3)10-16(4)12-21)22-19(7)17(5)18(6)20(22)8/h10-12,14,19H,13H2,1-9H3. The maximum atomic E-state index is 2.61. The van der Waals surface area contributed by atoms with Crippen LogP contribution in [0.25, 0.3) is 0 Å². The summed E-state index contributed by atoms with van der Waals surface area (Å²) >= 11 is 0. The number of aryl methyl sites for hydroxylation is 2. The molecule has 0 aromatic heterocycles. The average molecular weight is 327 g/mol. The van der Waals surface area contributed by atoms with Crippen LogP contribution in [0.5, 0.6) is 0 Å². The van der Waals surface area contributed by atoms with Crippen molar-refractivity contribution in [2.75, 3.05) is 0 Å². The van der Waals surface area contributed by atoms with Crippen molar-refractivity contribution in [1.82, 2.24) is 0 Å². The van der Waals surface area contributed by atoms with E-state index >= 15 is 0 Å². The second kappa shape index (κ2) is 6.43. The first kappa shape index (κ1) is 18.3. The van der Waals surface area contributed by atoms with Crippen molar-refractivity contribution in [3.63, 3.8) is 0 Å². The summed E-state index contributed by atoms with van der Waals surface area (Å²) in [7, 11) is -1.69. The summed E-state index contributed by atoms with van der Waals surface area (Å²) in [5, 5.41) is 3.42. The number of hydrogen-bond acceptors (Lipinski definition) is 0. The van der Waals surface area contributed by atoms with Crippen LogP contribution in [0.2, 0.25) is 12.6 Å². The van der Waals surface area contributed by atoms with E-state index < -0.39 is 8.07 Å². The third kappa shape index (κ3) is 3.26. The van der Waals surface area contributed by atoms with Gasteiger partial charge in [0, 0.05) is 0 Å². The highest BCUT2D eigenvalue weighted by Gasteiger charge is 2.41. The van der Waals surface area contributed by atoms with E-state index in [1.165, 1.54) is 17.2 Å². The SMILES string of the molecule is CC1=C(C)C(C)C([Si](C)(CC(C)C)c2cc(C)cc(C)c2)=C1C. The molecular weight excluding hydrogens is 292 g/mol. The topological polar surface area (TPSA) is 0 Å². The minimum atomic E-state index is -1.69. The Hall–Kier alpha value is -1.08. The van der Waals surface area contributed by atoms with Crippen LogP contribution in [0, 0.1) is 25.7 Å². The molecule has 1 aliphatic carbocycles. The predicted octanol–water partition coefficient (Wildman–Crippen LogP) is 6.09. The molecule has 0 heterocycles. The van der Waals surface area contributed by atoms with E-state index in [4.69, 9.17) is 0 Å². The van der Waals surface area contributed by atoms with E-state index in [-0.39, 0.29) is 0 Å². The summed E-state index contributed by atoms with van der Waals surface area (Å²) < 4.78 is 0. The molecule has 0 spiro atoms. The van der Waals surface area contributed by atoms with Crippen LogP contribution in [0.4, 0.5) is 0 Å². The van der Waals surface area contributed by atoms with Gasteiger partial charge in [-0.1, -0.05) is 78.2 Å². The van der Waals surface area contributed by atoms with Gasteiger partial charge in [0.15, 0.2) is 0 Å². The molecule has 126 valence electrons. The van der Waals surface area contributed by atoms with E-state index in [1.54, 1.807) is 27.1 Å². The highest BCUT2D eigenvalue weighted by atomic mass is 28.3. The normalized spacial score (nSPS) is 21.4. The zero-order valence-electron chi connectivity index (χ0n) is 16.6. The Labute approximate surface area is 144 Å². The Morgan fingerprint density at radius 1 is 0.913 bits per heavy atom. The molecule has 0 nitrogen and oxygen atoms in total. The van der Waals surface area contributed by atoms with Crippen molar-refractivity contribution in [3.05, 3.63) is 51.2 Å². The summed E-state index contributed by atoms with van der Waals surface area (Å²) in [4.78, 5) is 0. The average Bonchev–Trinajstić information content (AvgIpc) is 2.61. The van der Waals surface area contributed by atoms with Crippen molar-refractivity contribution in [1.29, 1.82) is 0 Å². The van der Waals surface area contributed by atoms with Gasteiger partial charge in [-0.3, -0.25) is 0 Å². The number of rotatable bonds is 4. The molecule has 1 aromatic carbocycles. The zero-order chi connectivity index (χ0) is 17.5. The van der Waals surface area contributed by atoms with Gasteiger partial charge in [0.2, 0.25) is 0 Å². The molecule has 0 aliphatic heterocycles. The Bertz CT molecular complexity index is 655. The van der Waals surface area contributed by atoms with Crippen molar-refractivity contribution in [2.45, 2.75) is 68.0 Å². The molecule has 2 rings (SSSR count). The maximum Gasteiger partial charge on any atom is 0.111 e. The van der Waals surface area contributed by atoms with Gasteiger partial charge in [-0.2, -0.15) is 0 Å². The summed E-state index contributed by atoms with van der Waals surface area (Å²) in [5.41, 5.74) is 7.54. The minimum Gasteiger partial charge on any atom is -0.0660 e. The van der Waals surface area contributed by atoms with E-state index in [0.717, 1.165) is 5.92 Å². The number of allylic oxidation sites excluding steroid dienone is 4. The molecule has 0 saturated carbocycles. The van der Waals surface area contributed by atoms with Crippen LogP contribution in [0.1, 0.15) is 52.7 Å². The summed E-state index contributed by atoms with van der Waals surface area (Å²) in [6.45, 7) is 21.3. The lowest BCUT2D eigenvalue weighted by Gasteiger charge is -2.36. The first-order valence-corrected chi connectivity index (χ1v) is 11.8. The summed E-state index contributed by atoms with van der Waals surface area (Å²) in [6.07, 6.45) is 0. The molecule has 0 bridgehead atoms. The lowest BCUT2D eigenvalue weighted by atomic mass is 10.1. The largest absolute Gasteiger partial charge is 0.111 e. The Morgan fingerprint density at radius 2 is 1.43 bits per heavy atom. The van der Waals surface area contributed by atoms with E-state index in [9.17, 15) is 0 Å². The third-order valence-electron chi connectivity index (χ3n) is 5.91. The van der Waals surface area contributed by atoms with Gasteiger partial charge in [-0.05, 0) is 58.1 Å². The molecule has 0 saturated heterocycles. The minimum absolute atomic E-state index is 0.617. The maximum absolute atomic E-state index is 2.61. The fourth-order valence-electron chi connectivity index (χ4n) is 4.75. The van der Waals surface area contributed by atoms with E-state index in [1.807, 2.05) is 0 Å². The molecule has 1 aliphatic rings. The van der Waals surface area contributed by atoms with Gasteiger partial charge in [0.25, 0.3) is 0 Å². The molecule has 0 radical (unpaired) electrons. The first-order valence-electron chi connectivity index (χ1n) is 9.05. The van der Waals surface area contributed by atoms with Gasteiger partial charge < -0.3 is 0 Å². The Kier molecular flexibility index (Phi) is 5.11. The highest BCUT2D eigenvalue weighted by Crippen LogP contribution is 2.43. The molecule has 0 amide bonds. The summed E-state index contributed by atoms with van der Waals surface area (Å²) in [5.74, 6) is 1.35. The lowest BCUT2D eigenvalue weighted by molar-refractivity contribution is 0.717. The van der Waals surface area contributed by atoms with Gasteiger partial charge in [-0.15, -0.1) is 0 Å². The highest BCUT2D eigenvalue weighted by molar-refractivity contribution is 6.97. The van der Waals surface area contributed by atoms with Crippen LogP contribution >= 0.6 is 0 Å². The van der Waals surface area contributed by atoms with Crippen LogP contribution in [-0.4, -0.2) is 8.07 Å². The molecule has 1 aromatic rings. The van der Waals surface area contributed by atoms with Crippen molar-refractivity contribution in [3.8, 4) is 0 Å². The third-order valence-corrected chi connectivity index (χ3v) is 11.1. The molecule has 2 unspecified atom stereocenters. The van der Waals surface area contributed by atoms with Gasteiger partial charge in [0.1, 0.15) is 8.07 Å². The second-order valence-corrected chi connectivity index (χ2v) is 12.6. The molecule has 23 heavy (non-hydrogen) atoms. The van der Waals surface area contributed by atoms with E-state index in [2.05, 4.69) is 80.1 Å². The molecule has 0 N–H and O–H groups in total. The van der Waals surface area contributed by atoms with Crippen molar-refractivity contribution < 1.29 is 0 Å². The zero-order valence-corrected chi connectivity index (χ0v) is 17.6. The Balaban J connectivity index is 2.67. The number of benzene rings is 1. The molecule has 1 heteroatoms. The Morgan fingerprint density at radius 3 is 1.83 bits per heavy atom. The predicted molar refractivity (Wildman–Crippen MR) is 107 cm³/mol. The molecule has 0 fully saturated rings. The quantitative estimate of drug-likeness (QED) is 0.588. The van der Waals surface area contributed by atoms with Crippen LogP contribution in [0.15, 0.2) is 40.1 Å². The van der Waals surface area contributed by atoms with Crippen molar-refractivity contribution >= 4 is 13.3 Å². The molecular formula is C22H34Si. The fourth-order valence-corrected chi connectivity index (χ4v) is 10.4. The van der Waals surface area contributed by atoms with Crippen LogP contribution in [0.3, 0.4) is 0 Å². The fraction of sp³-hybridized carbons (Fsp3) is 0.545.